The summed E-state index contributed by atoms with van der Waals surface area (Å²) in [5, 5.41) is -4.30. The van der Waals surface area contributed by atoms with Gasteiger partial charge in [0.05, 0.1) is 24.7 Å². The number of alkyl halides is 3. The molecule has 0 aliphatic rings. The zero-order valence-corrected chi connectivity index (χ0v) is 18.5. The van der Waals surface area contributed by atoms with Crippen molar-refractivity contribution in [1.82, 2.24) is 4.72 Å². The van der Waals surface area contributed by atoms with Gasteiger partial charge in [-0.2, -0.15) is 17.9 Å². The fraction of sp³-hybridized carbons (Fsp3) is 0.588. The summed E-state index contributed by atoms with van der Waals surface area (Å²) in [7, 11) is -10.5. The summed E-state index contributed by atoms with van der Waals surface area (Å²) in [5.74, 6) is -2.13. The predicted octanol–water partition coefficient (Wildman–Crippen LogP) is 3.83. The van der Waals surface area contributed by atoms with Crippen LogP contribution >= 0.6 is 7.60 Å². The fourth-order valence-electron chi connectivity index (χ4n) is 2.28. The molecule has 0 spiro atoms. The maximum absolute atomic E-state index is 14.4. The van der Waals surface area contributed by atoms with Crippen molar-refractivity contribution < 1.29 is 44.7 Å². The third-order valence-corrected chi connectivity index (χ3v) is 7.69. The highest BCUT2D eigenvalue weighted by atomic mass is 32.2. The minimum absolute atomic E-state index is 0.127. The average Bonchev–Trinajstić information content (AvgIpc) is 2.68. The highest BCUT2D eigenvalue weighted by Crippen LogP contribution is 2.65. The number of esters is 1. The Morgan fingerprint density at radius 3 is 1.93 bits per heavy atom. The number of rotatable bonds is 12. The van der Waals surface area contributed by atoms with Gasteiger partial charge in [0.2, 0.25) is 10.0 Å². The molecule has 0 aromatic heterocycles. The number of nitrogens with one attached hydrogen (secondary N) is 1. The highest BCUT2D eigenvalue weighted by molar-refractivity contribution is 7.90. The molecule has 0 aliphatic heterocycles. The lowest BCUT2D eigenvalue weighted by Gasteiger charge is -2.38. The van der Waals surface area contributed by atoms with Gasteiger partial charge in [0.15, 0.2) is 0 Å². The number of benzene rings is 1. The van der Waals surface area contributed by atoms with Gasteiger partial charge in [-0.15, -0.1) is 0 Å². The predicted molar refractivity (Wildman–Crippen MR) is 102 cm³/mol. The Balaban J connectivity index is 3.79. The largest absolute Gasteiger partial charge is 0.464 e. The van der Waals surface area contributed by atoms with Crippen LogP contribution in [0.4, 0.5) is 13.2 Å². The van der Waals surface area contributed by atoms with Crippen LogP contribution in [-0.4, -0.2) is 45.7 Å². The second-order valence-electron chi connectivity index (χ2n) is 6.01. The molecule has 1 aromatic rings. The molecule has 0 fully saturated rings. The second kappa shape index (κ2) is 10.7. The van der Waals surface area contributed by atoms with E-state index < -0.39 is 59.8 Å². The Kier molecular flexibility index (Phi) is 9.50. The number of carbonyl (C=O) groups is 1. The third kappa shape index (κ3) is 5.61. The van der Waals surface area contributed by atoms with Crippen molar-refractivity contribution in [2.75, 3.05) is 19.8 Å². The van der Waals surface area contributed by atoms with E-state index in [1.807, 2.05) is 0 Å². The molecule has 1 atom stereocenters. The summed E-state index contributed by atoms with van der Waals surface area (Å²) in [6.45, 7) is 2.77. The first-order chi connectivity index (χ1) is 13.9. The van der Waals surface area contributed by atoms with Gasteiger partial charge >= 0.3 is 25.0 Å². The SMILES string of the molecule is CCCOP(=O)(OCCC)C(NS(=O)(=O)c1ccccc1)(C(=O)OCC)C(F)(F)F. The van der Waals surface area contributed by atoms with Gasteiger partial charge in [-0.25, -0.2) is 13.2 Å². The summed E-state index contributed by atoms with van der Waals surface area (Å²) in [4.78, 5) is 12.0. The van der Waals surface area contributed by atoms with Crippen molar-refractivity contribution in [2.24, 2.45) is 0 Å². The smallest absolute Gasteiger partial charge is 0.430 e. The van der Waals surface area contributed by atoms with E-state index in [9.17, 15) is 30.9 Å². The number of halogens is 3. The Hall–Kier alpha value is -1.46. The van der Waals surface area contributed by atoms with E-state index in [4.69, 9.17) is 9.05 Å². The van der Waals surface area contributed by atoms with Crippen LogP contribution in [0.1, 0.15) is 33.6 Å². The van der Waals surface area contributed by atoms with E-state index in [-0.39, 0.29) is 12.8 Å². The van der Waals surface area contributed by atoms with Crippen LogP contribution in [0.3, 0.4) is 0 Å². The Bertz CT molecular complexity index is 837. The van der Waals surface area contributed by atoms with Crippen molar-refractivity contribution >= 4 is 23.6 Å². The van der Waals surface area contributed by atoms with Gasteiger partial charge in [-0.1, -0.05) is 32.0 Å². The van der Waals surface area contributed by atoms with E-state index in [0.29, 0.717) is 0 Å². The molecule has 1 N–H and O–H groups in total. The number of hydrogen-bond acceptors (Lipinski definition) is 7. The molecule has 1 aromatic carbocycles. The molecule has 0 radical (unpaired) electrons. The molecule has 8 nitrogen and oxygen atoms in total. The van der Waals surface area contributed by atoms with Crippen LogP contribution in [-0.2, 0) is 33.2 Å². The number of ether oxygens (including phenoxy) is 1. The minimum Gasteiger partial charge on any atom is -0.464 e. The summed E-state index contributed by atoms with van der Waals surface area (Å²) < 4.78 is 97.7. The molecule has 0 saturated heterocycles. The van der Waals surface area contributed by atoms with Gasteiger partial charge in [0.25, 0.3) is 0 Å². The summed E-state index contributed by atoms with van der Waals surface area (Å²) in [6, 6.07) is 6.02. The van der Waals surface area contributed by atoms with Gasteiger partial charge < -0.3 is 13.8 Å². The number of hydrogen-bond donors (Lipinski definition) is 1. The highest BCUT2D eigenvalue weighted by Gasteiger charge is 2.76. The maximum Gasteiger partial charge on any atom is 0.430 e. The topological polar surface area (TPSA) is 108 Å². The lowest BCUT2D eigenvalue weighted by molar-refractivity contribution is -0.194. The second-order valence-corrected chi connectivity index (χ2v) is 9.88. The normalized spacial score (nSPS) is 14.9. The molecule has 0 amide bonds. The molecule has 0 bridgehead atoms. The molecule has 0 saturated carbocycles. The molecule has 0 heterocycles. The van der Waals surface area contributed by atoms with E-state index in [0.717, 1.165) is 12.1 Å². The van der Waals surface area contributed by atoms with Crippen molar-refractivity contribution in [3.8, 4) is 0 Å². The summed E-state index contributed by atoms with van der Waals surface area (Å²) in [5.41, 5.74) is 0. The lowest BCUT2D eigenvalue weighted by atomic mass is 10.3. The summed E-state index contributed by atoms with van der Waals surface area (Å²) in [6.07, 6.45) is -5.47. The molecule has 172 valence electrons. The van der Waals surface area contributed by atoms with Crippen LogP contribution in [0.5, 0.6) is 0 Å². The Morgan fingerprint density at radius 1 is 1.03 bits per heavy atom. The molecule has 13 heteroatoms. The number of carbonyl (C=O) groups excluding carboxylic acids is 1. The molecule has 1 unspecified atom stereocenters. The van der Waals surface area contributed by atoms with E-state index >= 15 is 0 Å². The molecule has 1 rings (SSSR count). The fourth-order valence-corrected chi connectivity index (χ4v) is 6.22. The minimum atomic E-state index is -5.72. The first kappa shape index (κ1) is 26.6. The van der Waals surface area contributed by atoms with Gasteiger partial charge in [-0.3, -0.25) is 4.57 Å². The average molecular weight is 475 g/mol. The Morgan fingerprint density at radius 2 is 1.53 bits per heavy atom. The first-order valence-electron chi connectivity index (χ1n) is 9.14. The van der Waals surface area contributed by atoms with E-state index in [1.165, 1.54) is 43.7 Å². The monoisotopic (exact) mass is 475 g/mol. The van der Waals surface area contributed by atoms with E-state index in [1.54, 1.807) is 0 Å². The van der Waals surface area contributed by atoms with E-state index in [2.05, 4.69) is 4.74 Å². The maximum atomic E-state index is 14.4. The van der Waals surface area contributed by atoms with Crippen LogP contribution in [0.25, 0.3) is 0 Å². The van der Waals surface area contributed by atoms with Crippen LogP contribution in [0, 0.1) is 0 Å². The van der Waals surface area contributed by atoms with Crippen molar-refractivity contribution in [2.45, 2.75) is 50.0 Å². The van der Waals surface area contributed by atoms with Crippen LogP contribution in [0.15, 0.2) is 35.2 Å². The van der Waals surface area contributed by atoms with Gasteiger partial charge in [0, 0.05) is 0 Å². The standard InChI is InChI=1S/C17H25F3NO7PS/c1-4-12-27-29(23,28-13-5-2)16(17(18,19)20,15(22)26-6-3)21-30(24,25)14-10-8-7-9-11-14/h7-11,21H,4-6,12-13H2,1-3H3. The summed E-state index contributed by atoms with van der Waals surface area (Å²) >= 11 is 0. The van der Waals surface area contributed by atoms with Crippen molar-refractivity contribution in [3.63, 3.8) is 0 Å². The zero-order chi connectivity index (χ0) is 23.1. The van der Waals surface area contributed by atoms with Gasteiger partial charge in [0.1, 0.15) is 0 Å². The molecular weight excluding hydrogens is 450 g/mol. The quantitative estimate of drug-likeness (QED) is 0.362. The van der Waals surface area contributed by atoms with Crippen LogP contribution < -0.4 is 4.72 Å². The molecule has 30 heavy (non-hydrogen) atoms. The Labute approximate surface area is 173 Å². The molecular formula is C17H25F3NO7PS. The third-order valence-electron chi connectivity index (χ3n) is 3.66. The van der Waals surface area contributed by atoms with Gasteiger partial charge in [-0.05, 0) is 31.9 Å². The van der Waals surface area contributed by atoms with Crippen molar-refractivity contribution in [3.05, 3.63) is 30.3 Å². The molecule has 0 aliphatic carbocycles. The van der Waals surface area contributed by atoms with Crippen LogP contribution in [0.2, 0.25) is 0 Å². The lowest BCUT2D eigenvalue weighted by Crippen LogP contribution is -2.64. The van der Waals surface area contributed by atoms with Crippen molar-refractivity contribution in [1.29, 1.82) is 0 Å². The number of sulfonamides is 1. The first-order valence-corrected chi connectivity index (χ1v) is 12.2. The zero-order valence-electron chi connectivity index (χ0n) is 16.8.